The molecule has 2 atom stereocenters. The van der Waals surface area contributed by atoms with Crippen molar-refractivity contribution < 1.29 is 24.5 Å². The van der Waals surface area contributed by atoms with E-state index in [0.29, 0.717) is 25.9 Å². The van der Waals surface area contributed by atoms with Gasteiger partial charge in [-0.3, -0.25) is 9.59 Å². The number of aliphatic hydroxyl groups is 2. The van der Waals surface area contributed by atoms with Gasteiger partial charge in [0.1, 0.15) is 0 Å². The Morgan fingerprint density at radius 2 is 0.847 bits per heavy atom. The lowest BCUT2D eigenvalue weighted by molar-refractivity contribution is -0.143. The quantitative estimate of drug-likeness (QED) is 0.0323. The number of rotatable bonds is 47. The van der Waals surface area contributed by atoms with Crippen LogP contribution in [0.1, 0.15) is 264 Å². The molecule has 0 aromatic heterocycles. The minimum absolute atomic E-state index is 0.0262. The first-order valence-corrected chi connectivity index (χ1v) is 25.7. The van der Waals surface area contributed by atoms with E-state index in [1.807, 2.05) is 0 Å². The van der Waals surface area contributed by atoms with Gasteiger partial charge >= 0.3 is 5.97 Å². The highest BCUT2D eigenvalue weighted by atomic mass is 16.5. The van der Waals surface area contributed by atoms with Crippen LogP contribution in [0.3, 0.4) is 0 Å². The largest absolute Gasteiger partial charge is 0.466 e. The fourth-order valence-electron chi connectivity index (χ4n) is 7.66. The maximum atomic E-state index is 12.4. The Morgan fingerprint density at radius 1 is 0.475 bits per heavy atom. The molecular weight excluding hydrogens is 731 g/mol. The number of carbonyl (C=O) groups is 2. The first-order chi connectivity index (χ1) is 29.0. The Hall–Kier alpha value is -1.92. The van der Waals surface area contributed by atoms with Crippen molar-refractivity contribution in [1.29, 1.82) is 0 Å². The predicted molar refractivity (Wildman–Crippen MR) is 255 cm³/mol. The van der Waals surface area contributed by atoms with Crippen molar-refractivity contribution >= 4 is 11.9 Å². The molecule has 0 aromatic rings. The van der Waals surface area contributed by atoms with E-state index in [4.69, 9.17) is 4.74 Å². The molecule has 1 amide bonds. The maximum Gasteiger partial charge on any atom is 0.305 e. The van der Waals surface area contributed by atoms with Gasteiger partial charge in [0.05, 0.1) is 25.4 Å². The van der Waals surface area contributed by atoms with Crippen molar-refractivity contribution in [1.82, 2.24) is 5.32 Å². The van der Waals surface area contributed by atoms with Crippen LogP contribution in [-0.4, -0.2) is 47.4 Å². The Balaban J connectivity index is 3.52. The summed E-state index contributed by atoms with van der Waals surface area (Å²) in [6.07, 6.45) is 58.3. The lowest BCUT2D eigenvalue weighted by Gasteiger charge is -2.22. The molecule has 0 saturated heterocycles. The predicted octanol–water partition coefficient (Wildman–Crippen LogP) is 15.3. The second kappa shape index (κ2) is 48.7. The molecule has 0 aliphatic heterocycles. The third kappa shape index (κ3) is 45.4. The zero-order chi connectivity index (χ0) is 43.0. The van der Waals surface area contributed by atoms with Crippen LogP contribution in [0.15, 0.2) is 36.5 Å². The van der Waals surface area contributed by atoms with Crippen molar-refractivity contribution in [2.75, 3.05) is 13.2 Å². The lowest BCUT2D eigenvalue weighted by atomic mass is 10.0. The third-order valence-electron chi connectivity index (χ3n) is 11.7. The minimum atomic E-state index is -0.674. The summed E-state index contributed by atoms with van der Waals surface area (Å²) in [6.45, 7) is 4.87. The average molecular weight is 830 g/mol. The maximum absolute atomic E-state index is 12.4. The van der Waals surface area contributed by atoms with E-state index in [9.17, 15) is 19.8 Å². The second-order valence-corrected chi connectivity index (χ2v) is 17.5. The van der Waals surface area contributed by atoms with Gasteiger partial charge in [0.15, 0.2) is 0 Å². The summed E-state index contributed by atoms with van der Waals surface area (Å²) < 4.78 is 5.43. The molecule has 0 saturated carbocycles. The summed E-state index contributed by atoms with van der Waals surface area (Å²) in [6, 6.07) is -0.553. The summed E-state index contributed by atoms with van der Waals surface area (Å²) in [5, 5.41) is 23.2. The van der Waals surface area contributed by atoms with Gasteiger partial charge in [0.2, 0.25) is 5.91 Å². The number of unbranched alkanes of at least 4 members (excludes halogenated alkanes) is 30. The highest BCUT2D eigenvalue weighted by Gasteiger charge is 2.20. The van der Waals surface area contributed by atoms with Gasteiger partial charge in [-0.25, -0.2) is 0 Å². The minimum Gasteiger partial charge on any atom is -0.466 e. The smallest absolute Gasteiger partial charge is 0.305 e. The Kier molecular flexibility index (Phi) is 47.2. The van der Waals surface area contributed by atoms with E-state index in [-0.39, 0.29) is 18.5 Å². The van der Waals surface area contributed by atoms with Crippen LogP contribution in [-0.2, 0) is 14.3 Å². The molecule has 6 heteroatoms. The van der Waals surface area contributed by atoms with Gasteiger partial charge in [-0.1, -0.05) is 198 Å². The summed E-state index contributed by atoms with van der Waals surface area (Å²) in [7, 11) is 0. The zero-order valence-electron chi connectivity index (χ0n) is 39.2. The van der Waals surface area contributed by atoms with Gasteiger partial charge < -0.3 is 20.3 Å². The second-order valence-electron chi connectivity index (χ2n) is 17.5. The standard InChI is InChI=1S/C53H99NO5/c1-3-5-7-9-11-13-15-22-25-29-33-37-41-45-51(56)50(49-55)54-52(57)46-42-38-34-30-26-23-20-18-17-19-21-24-28-32-36-40-44-48-59-53(58)47-43-39-35-31-27-16-14-12-10-8-6-4-2/h12,14,17,19,24,28,50-51,55-56H,3-11,13,15-16,18,20-23,25-27,29-49H2,1-2H3,(H,54,57)/b14-12-,19-17-,28-24-. The van der Waals surface area contributed by atoms with E-state index >= 15 is 0 Å². The summed E-state index contributed by atoms with van der Waals surface area (Å²) in [5.41, 5.74) is 0. The van der Waals surface area contributed by atoms with Crippen molar-refractivity contribution in [2.24, 2.45) is 0 Å². The van der Waals surface area contributed by atoms with Gasteiger partial charge in [-0.2, -0.15) is 0 Å². The molecule has 59 heavy (non-hydrogen) atoms. The molecule has 346 valence electrons. The molecular formula is C53H99NO5. The van der Waals surface area contributed by atoms with Crippen LogP contribution >= 0.6 is 0 Å². The fraction of sp³-hybridized carbons (Fsp3) is 0.849. The first-order valence-electron chi connectivity index (χ1n) is 25.7. The molecule has 0 aliphatic carbocycles. The van der Waals surface area contributed by atoms with Crippen molar-refractivity contribution in [3.05, 3.63) is 36.5 Å². The van der Waals surface area contributed by atoms with E-state index in [2.05, 4.69) is 55.6 Å². The number of hydrogen-bond acceptors (Lipinski definition) is 5. The zero-order valence-corrected chi connectivity index (χ0v) is 39.2. The normalized spacial score (nSPS) is 12.9. The van der Waals surface area contributed by atoms with Gasteiger partial charge in [-0.05, 0) is 89.9 Å². The number of hydrogen-bond donors (Lipinski definition) is 3. The van der Waals surface area contributed by atoms with E-state index in [1.54, 1.807) is 0 Å². The Labute approximate surface area is 366 Å². The molecule has 6 nitrogen and oxygen atoms in total. The molecule has 2 unspecified atom stereocenters. The van der Waals surface area contributed by atoms with Crippen LogP contribution in [0.25, 0.3) is 0 Å². The van der Waals surface area contributed by atoms with E-state index in [0.717, 1.165) is 83.5 Å². The number of allylic oxidation sites excluding steroid dienone is 6. The highest BCUT2D eigenvalue weighted by Crippen LogP contribution is 2.15. The monoisotopic (exact) mass is 830 g/mol. The number of ether oxygens (including phenoxy) is 1. The number of amides is 1. The summed E-state index contributed by atoms with van der Waals surface area (Å²) in [4.78, 5) is 24.4. The van der Waals surface area contributed by atoms with Gasteiger partial charge in [0.25, 0.3) is 0 Å². The van der Waals surface area contributed by atoms with E-state index in [1.165, 1.54) is 148 Å². The van der Waals surface area contributed by atoms with Crippen molar-refractivity contribution in [2.45, 2.75) is 276 Å². The molecule has 3 N–H and O–H groups in total. The fourth-order valence-corrected chi connectivity index (χ4v) is 7.66. The highest BCUT2D eigenvalue weighted by molar-refractivity contribution is 5.76. The van der Waals surface area contributed by atoms with Gasteiger partial charge in [-0.15, -0.1) is 0 Å². The number of carbonyl (C=O) groups excluding carboxylic acids is 2. The lowest BCUT2D eigenvalue weighted by Crippen LogP contribution is -2.45. The van der Waals surface area contributed by atoms with Crippen molar-refractivity contribution in [3.8, 4) is 0 Å². The SMILES string of the molecule is CCCCC/C=C\CCCCCCCC(=O)OCCCCC/C=C\C/C=C\CCCCCCCCCC(=O)NC(CO)C(O)CCCCCCCCCCCCCCC. The van der Waals surface area contributed by atoms with E-state index < -0.39 is 12.1 Å². The number of nitrogens with one attached hydrogen (secondary N) is 1. The molecule has 0 fully saturated rings. The molecule has 0 bridgehead atoms. The number of aliphatic hydroxyl groups excluding tert-OH is 2. The Morgan fingerprint density at radius 3 is 1.34 bits per heavy atom. The van der Waals surface area contributed by atoms with Gasteiger partial charge in [0, 0.05) is 12.8 Å². The van der Waals surface area contributed by atoms with Crippen LogP contribution in [0.2, 0.25) is 0 Å². The molecule has 0 radical (unpaired) electrons. The van der Waals surface area contributed by atoms with Crippen molar-refractivity contribution in [3.63, 3.8) is 0 Å². The molecule has 0 aromatic carbocycles. The molecule has 0 rings (SSSR count). The summed E-state index contributed by atoms with van der Waals surface area (Å²) >= 11 is 0. The average Bonchev–Trinajstić information content (AvgIpc) is 3.24. The summed E-state index contributed by atoms with van der Waals surface area (Å²) in [5.74, 6) is -0.0785. The molecule has 0 heterocycles. The topological polar surface area (TPSA) is 95.9 Å². The van der Waals surface area contributed by atoms with Crippen LogP contribution in [0.5, 0.6) is 0 Å². The number of esters is 1. The third-order valence-corrected chi connectivity index (χ3v) is 11.7. The Bertz CT molecular complexity index is 962. The molecule has 0 aliphatic rings. The first kappa shape index (κ1) is 57.1. The van der Waals surface area contributed by atoms with Crippen LogP contribution < -0.4 is 5.32 Å². The molecule has 0 spiro atoms. The van der Waals surface area contributed by atoms with Crippen LogP contribution in [0, 0.1) is 0 Å². The van der Waals surface area contributed by atoms with Crippen LogP contribution in [0.4, 0.5) is 0 Å².